The molecule has 2 nitrogen and oxygen atoms in total. The fourth-order valence-electron chi connectivity index (χ4n) is 1.52. The van der Waals surface area contributed by atoms with Gasteiger partial charge in [0.15, 0.2) is 0 Å². The Labute approximate surface area is 74.8 Å². The molecule has 1 aliphatic rings. The normalized spacial score (nSPS) is 29.2. The topological polar surface area (TPSA) is 35.2 Å². The Morgan fingerprint density at radius 1 is 1.58 bits per heavy atom. The lowest BCUT2D eigenvalue weighted by Crippen LogP contribution is -2.17. The monoisotopic (exact) mass is 169 g/mol. The van der Waals surface area contributed by atoms with Gasteiger partial charge in [-0.3, -0.25) is 0 Å². The smallest absolute Gasteiger partial charge is 0.0590 e. The summed E-state index contributed by atoms with van der Waals surface area (Å²) in [5, 5.41) is 0. The molecule has 2 N–H and O–H groups in total. The van der Waals surface area contributed by atoms with Crippen LogP contribution in [0.2, 0.25) is 0 Å². The summed E-state index contributed by atoms with van der Waals surface area (Å²) in [6.07, 6.45) is 4.69. The van der Waals surface area contributed by atoms with Crippen LogP contribution < -0.4 is 5.73 Å². The van der Waals surface area contributed by atoms with Gasteiger partial charge in [-0.05, 0) is 32.6 Å². The van der Waals surface area contributed by atoms with Crippen molar-refractivity contribution < 1.29 is 4.74 Å². The summed E-state index contributed by atoms with van der Waals surface area (Å²) < 4.78 is 5.64. The highest BCUT2D eigenvalue weighted by Crippen LogP contribution is 2.20. The number of nitrogens with two attached hydrogens (primary N) is 1. The van der Waals surface area contributed by atoms with Crippen LogP contribution in [0.1, 0.15) is 32.6 Å². The van der Waals surface area contributed by atoms with Gasteiger partial charge >= 0.3 is 0 Å². The van der Waals surface area contributed by atoms with Crippen LogP contribution in [0.15, 0.2) is 12.2 Å². The van der Waals surface area contributed by atoms with E-state index in [1.807, 2.05) is 6.92 Å². The van der Waals surface area contributed by atoms with Crippen molar-refractivity contribution in [2.45, 2.75) is 44.8 Å². The van der Waals surface area contributed by atoms with E-state index in [-0.39, 0.29) is 0 Å². The highest BCUT2D eigenvalue weighted by molar-refractivity contribution is 4.87. The van der Waals surface area contributed by atoms with E-state index in [0.717, 1.165) is 32.3 Å². The minimum Gasteiger partial charge on any atom is -0.378 e. The minimum atomic E-state index is 0.375. The minimum absolute atomic E-state index is 0.375. The molecular weight excluding hydrogens is 150 g/mol. The first-order valence-electron chi connectivity index (χ1n) is 4.70. The second kappa shape index (κ2) is 4.63. The lowest BCUT2D eigenvalue weighted by atomic mass is 10.2. The Kier molecular flexibility index (Phi) is 3.76. The molecule has 0 aromatic carbocycles. The highest BCUT2D eigenvalue weighted by Gasteiger charge is 2.21. The number of hydrogen-bond donors (Lipinski definition) is 1. The first kappa shape index (κ1) is 9.75. The molecule has 2 unspecified atom stereocenters. The predicted molar refractivity (Wildman–Crippen MR) is 51.0 cm³/mol. The van der Waals surface area contributed by atoms with E-state index in [4.69, 9.17) is 10.5 Å². The van der Waals surface area contributed by atoms with Gasteiger partial charge in [0, 0.05) is 6.04 Å². The number of hydrogen-bond acceptors (Lipinski definition) is 2. The molecular formula is C10H19NO. The van der Waals surface area contributed by atoms with Crippen LogP contribution in [-0.4, -0.2) is 18.8 Å². The van der Waals surface area contributed by atoms with E-state index in [1.54, 1.807) is 0 Å². The SMILES string of the molecule is C=C(C)CCOC1CCC(N)C1. The van der Waals surface area contributed by atoms with Crippen molar-refractivity contribution >= 4 is 0 Å². The molecule has 0 spiro atoms. The molecule has 1 aliphatic carbocycles. The third kappa shape index (κ3) is 3.37. The molecule has 1 rings (SSSR count). The van der Waals surface area contributed by atoms with E-state index >= 15 is 0 Å². The Bertz CT molecular complexity index is 156. The molecule has 0 aliphatic heterocycles. The van der Waals surface area contributed by atoms with Gasteiger partial charge in [0.05, 0.1) is 12.7 Å². The summed E-state index contributed by atoms with van der Waals surface area (Å²) in [5.74, 6) is 0. The predicted octanol–water partition coefficient (Wildman–Crippen LogP) is 1.85. The average Bonchev–Trinajstić information content (AvgIpc) is 2.35. The number of rotatable bonds is 4. The largest absolute Gasteiger partial charge is 0.378 e. The third-order valence-electron chi connectivity index (χ3n) is 2.31. The zero-order valence-corrected chi connectivity index (χ0v) is 7.88. The second-order valence-corrected chi connectivity index (χ2v) is 3.77. The van der Waals surface area contributed by atoms with Crippen molar-refractivity contribution in [2.75, 3.05) is 6.61 Å². The van der Waals surface area contributed by atoms with E-state index in [9.17, 15) is 0 Å². The Morgan fingerprint density at radius 2 is 2.33 bits per heavy atom. The molecule has 0 radical (unpaired) electrons. The van der Waals surface area contributed by atoms with Crippen molar-refractivity contribution in [1.29, 1.82) is 0 Å². The molecule has 0 aromatic rings. The Balaban J connectivity index is 2.04. The molecule has 2 atom stereocenters. The van der Waals surface area contributed by atoms with Crippen LogP contribution in [-0.2, 0) is 4.74 Å². The molecule has 12 heavy (non-hydrogen) atoms. The van der Waals surface area contributed by atoms with Crippen LogP contribution in [0.3, 0.4) is 0 Å². The summed E-state index contributed by atoms with van der Waals surface area (Å²) in [4.78, 5) is 0. The fourth-order valence-corrected chi connectivity index (χ4v) is 1.52. The summed E-state index contributed by atoms with van der Waals surface area (Å²) >= 11 is 0. The zero-order chi connectivity index (χ0) is 8.97. The standard InChI is InChI=1S/C10H19NO/c1-8(2)5-6-12-10-4-3-9(11)7-10/h9-10H,1,3-7,11H2,2H3. The maximum Gasteiger partial charge on any atom is 0.0590 e. The maximum atomic E-state index is 5.76. The van der Waals surface area contributed by atoms with E-state index in [2.05, 4.69) is 6.58 Å². The first-order valence-corrected chi connectivity index (χ1v) is 4.70. The van der Waals surface area contributed by atoms with Crippen molar-refractivity contribution in [3.63, 3.8) is 0 Å². The second-order valence-electron chi connectivity index (χ2n) is 3.77. The number of ether oxygens (including phenoxy) is 1. The molecule has 1 fully saturated rings. The molecule has 70 valence electrons. The van der Waals surface area contributed by atoms with Crippen molar-refractivity contribution in [1.82, 2.24) is 0 Å². The van der Waals surface area contributed by atoms with E-state index in [0.29, 0.717) is 12.1 Å². The van der Waals surface area contributed by atoms with Crippen LogP contribution in [0.5, 0.6) is 0 Å². The molecule has 0 aromatic heterocycles. The molecule has 1 saturated carbocycles. The molecule has 0 bridgehead atoms. The molecule has 0 amide bonds. The first-order chi connectivity index (χ1) is 5.68. The van der Waals surface area contributed by atoms with Crippen LogP contribution >= 0.6 is 0 Å². The molecule has 0 saturated heterocycles. The van der Waals surface area contributed by atoms with Crippen LogP contribution in [0.25, 0.3) is 0 Å². The average molecular weight is 169 g/mol. The van der Waals surface area contributed by atoms with Gasteiger partial charge in [0.2, 0.25) is 0 Å². The Hall–Kier alpha value is -0.340. The van der Waals surface area contributed by atoms with Gasteiger partial charge in [-0.15, -0.1) is 6.58 Å². The van der Waals surface area contributed by atoms with Gasteiger partial charge in [0.1, 0.15) is 0 Å². The lowest BCUT2D eigenvalue weighted by molar-refractivity contribution is 0.0598. The van der Waals surface area contributed by atoms with E-state index in [1.165, 1.54) is 5.57 Å². The van der Waals surface area contributed by atoms with Gasteiger partial charge in [0.25, 0.3) is 0 Å². The van der Waals surface area contributed by atoms with Crippen molar-refractivity contribution in [2.24, 2.45) is 5.73 Å². The van der Waals surface area contributed by atoms with Gasteiger partial charge in [-0.2, -0.15) is 0 Å². The third-order valence-corrected chi connectivity index (χ3v) is 2.31. The summed E-state index contributed by atoms with van der Waals surface area (Å²) in [6.45, 7) is 6.67. The highest BCUT2D eigenvalue weighted by atomic mass is 16.5. The summed E-state index contributed by atoms with van der Waals surface area (Å²) in [7, 11) is 0. The summed E-state index contributed by atoms with van der Waals surface area (Å²) in [6, 6.07) is 0.375. The van der Waals surface area contributed by atoms with Gasteiger partial charge < -0.3 is 10.5 Å². The van der Waals surface area contributed by atoms with Crippen LogP contribution in [0.4, 0.5) is 0 Å². The lowest BCUT2D eigenvalue weighted by Gasteiger charge is -2.10. The van der Waals surface area contributed by atoms with Gasteiger partial charge in [-0.25, -0.2) is 0 Å². The van der Waals surface area contributed by atoms with Gasteiger partial charge in [-0.1, -0.05) is 5.57 Å². The summed E-state index contributed by atoms with van der Waals surface area (Å²) in [5.41, 5.74) is 6.95. The van der Waals surface area contributed by atoms with E-state index < -0.39 is 0 Å². The van der Waals surface area contributed by atoms with Crippen molar-refractivity contribution in [3.8, 4) is 0 Å². The Morgan fingerprint density at radius 3 is 2.83 bits per heavy atom. The quantitative estimate of drug-likeness (QED) is 0.652. The molecule has 0 heterocycles. The maximum absolute atomic E-state index is 5.76. The van der Waals surface area contributed by atoms with Crippen LogP contribution in [0, 0.1) is 0 Å². The van der Waals surface area contributed by atoms with Crippen molar-refractivity contribution in [3.05, 3.63) is 12.2 Å². The zero-order valence-electron chi connectivity index (χ0n) is 7.88. The fraction of sp³-hybridized carbons (Fsp3) is 0.800. The molecule has 2 heteroatoms.